The standard InChI is InChI=1S/C19H25F3N4OS/c1-13-17(28-14(2)26-13)8-9-24-18(23-3)25-10-15-4-6-16(7-5-15)11-27-12-19(20,21)22/h4-7H,8-12H2,1-3H3,(H2,23,24,25). The molecule has 0 fully saturated rings. The number of rotatable bonds is 8. The zero-order valence-electron chi connectivity index (χ0n) is 16.2. The molecule has 0 aliphatic carbocycles. The molecule has 1 heterocycles. The molecule has 9 heteroatoms. The molecular weight excluding hydrogens is 389 g/mol. The summed E-state index contributed by atoms with van der Waals surface area (Å²) in [5.74, 6) is 0.691. The van der Waals surface area contributed by atoms with Crippen LogP contribution < -0.4 is 10.6 Å². The van der Waals surface area contributed by atoms with Crippen LogP contribution in [0.3, 0.4) is 0 Å². The van der Waals surface area contributed by atoms with E-state index in [0.29, 0.717) is 18.1 Å². The van der Waals surface area contributed by atoms with E-state index >= 15 is 0 Å². The third kappa shape index (κ3) is 7.85. The van der Waals surface area contributed by atoms with Gasteiger partial charge in [0.05, 0.1) is 17.3 Å². The van der Waals surface area contributed by atoms with Crippen molar-refractivity contribution in [2.24, 2.45) is 4.99 Å². The molecule has 154 valence electrons. The summed E-state index contributed by atoms with van der Waals surface area (Å²) < 4.78 is 40.9. The number of hydrogen-bond donors (Lipinski definition) is 2. The molecule has 0 bridgehead atoms. The number of nitrogens with zero attached hydrogens (tertiary/aromatic N) is 2. The summed E-state index contributed by atoms with van der Waals surface area (Å²) in [7, 11) is 1.71. The molecule has 1 aromatic heterocycles. The van der Waals surface area contributed by atoms with Crippen molar-refractivity contribution in [2.45, 2.75) is 39.6 Å². The van der Waals surface area contributed by atoms with Gasteiger partial charge in [-0.05, 0) is 25.0 Å². The van der Waals surface area contributed by atoms with Crippen molar-refractivity contribution < 1.29 is 17.9 Å². The molecule has 2 N–H and O–H groups in total. The largest absolute Gasteiger partial charge is 0.411 e. The van der Waals surface area contributed by atoms with Gasteiger partial charge >= 0.3 is 6.18 Å². The van der Waals surface area contributed by atoms with Crippen LogP contribution in [0.5, 0.6) is 0 Å². The first-order valence-corrected chi connectivity index (χ1v) is 9.68. The van der Waals surface area contributed by atoms with Crippen molar-refractivity contribution in [3.63, 3.8) is 0 Å². The van der Waals surface area contributed by atoms with Gasteiger partial charge in [0.2, 0.25) is 0 Å². The number of thiazole rings is 1. The normalized spacial score (nSPS) is 12.3. The van der Waals surface area contributed by atoms with Crippen molar-refractivity contribution in [1.82, 2.24) is 15.6 Å². The minimum Gasteiger partial charge on any atom is -0.367 e. The smallest absolute Gasteiger partial charge is 0.367 e. The number of aliphatic imine (C=N–C) groups is 1. The van der Waals surface area contributed by atoms with Crippen molar-refractivity contribution in [1.29, 1.82) is 0 Å². The molecular formula is C19H25F3N4OS. The second-order valence-electron chi connectivity index (χ2n) is 6.27. The SMILES string of the molecule is CN=C(NCCc1sc(C)nc1C)NCc1ccc(COCC(F)(F)F)cc1. The highest BCUT2D eigenvalue weighted by Gasteiger charge is 2.27. The molecule has 2 aromatic rings. The van der Waals surface area contributed by atoms with Crippen LogP contribution in [0.1, 0.15) is 26.7 Å². The van der Waals surface area contributed by atoms with E-state index in [0.717, 1.165) is 29.2 Å². The Hall–Kier alpha value is -2.13. The first-order chi connectivity index (χ1) is 13.3. The molecule has 0 saturated heterocycles. The quantitative estimate of drug-likeness (QED) is 0.510. The zero-order valence-corrected chi connectivity index (χ0v) is 17.0. The first kappa shape index (κ1) is 22.2. The van der Waals surface area contributed by atoms with E-state index in [1.54, 1.807) is 30.5 Å². The van der Waals surface area contributed by atoms with Crippen molar-refractivity contribution >= 4 is 17.3 Å². The lowest BCUT2D eigenvalue weighted by Crippen LogP contribution is -2.37. The summed E-state index contributed by atoms with van der Waals surface area (Å²) in [6.07, 6.45) is -3.42. The summed E-state index contributed by atoms with van der Waals surface area (Å²) in [5, 5.41) is 7.56. The number of alkyl halides is 3. The minimum atomic E-state index is -4.30. The predicted octanol–water partition coefficient (Wildman–Crippen LogP) is 3.75. The van der Waals surface area contributed by atoms with Crippen LogP contribution in [0, 0.1) is 13.8 Å². The molecule has 0 radical (unpaired) electrons. The highest BCUT2D eigenvalue weighted by molar-refractivity contribution is 7.11. The molecule has 2 rings (SSSR count). The molecule has 0 spiro atoms. The van der Waals surface area contributed by atoms with Gasteiger partial charge in [0.1, 0.15) is 6.61 Å². The van der Waals surface area contributed by atoms with Crippen LogP contribution in [-0.4, -0.2) is 37.3 Å². The maximum Gasteiger partial charge on any atom is 0.411 e. The fourth-order valence-corrected chi connectivity index (χ4v) is 3.48. The average molecular weight is 414 g/mol. The lowest BCUT2D eigenvalue weighted by Gasteiger charge is -2.12. The molecule has 0 saturated carbocycles. The Morgan fingerprint density at radius 2 is 1.82 bits per heavy atom. The summed E-state index contributed by atoms with van der Waals surface area (Å²) >= 11 is 1.71. The topological polar surface area (TPSA) is 58.5 Å². The Bertz CT molecular complexity index is 772. The Morgan fingerprint density at radius 1 is 1.14 bits per heavy atom. The van der Waals surface area contributed by atoms with Crippen LogP contribution in [-0.2, 0) is 24.3 Å². The number of nitrogens with one attached hydrogen (secondary N) is 2. The van der Waals surface area contributed by atoms with Gasteiger partial charge in [0, 0.05) is 31.4 Å². The highest BCUT2D eigenvalue weighted by Crippen LogP contribution is 2.17. The summed E-state index contributed by atoms with van der Waals surface area (Å²) in [4.78, 5) is 9.89. The van der Waals surface area contributed by atoms with Gasteiger partial charge in [-0.3, -0.25) is 4.99 Å². The second kappa shape index (κ2) is 10.4. The molecule has 5 nitrogen and oxygen atoms in total. The Kier molecular flexibility index (Phi) is 8.25. The molecule has 1 aromatic carbocycles. The van der Waals surface area contributed by atoms with Gasteiger partial charge in [0.15, 0.2) is 5.96 Å². The molecule has 0 aliphatic heterocycles. The zero-order chi connectivity index (χ0) is 20.6. The van der Waals surface area contributed by atoms with Crippen LogP contribution in [0.15, 0.2) is 29.3 Å². The number of aromatic nitrogens is 1. The monoisotopic (exact) mass is 414 g/mol. The molecule has 0 aliphatic rings. The maximum atomic E-state index is 12.1. The van der Waals surface area contributed by atoms with E-state index in [9.17, 15) is 13.2 Å². The van der Waals surface area contributed by atoms with E-state index < -0.39 is 12.8 Å². The summed E-state index contributed by atoms with van der Waals surface area (Å²) in [6, 6.07) is 7.24. The molecule has 28 heavy (non-hydrogen) atoms. The van der Waals surface area contributed by atoms with Crippen LogP contribution in [0.2, 0.25) is 0 Å². The third-order valence-electron chi connectivity index (χ3n) is 3.89. The van der Waals surface area contributed by atoms with Crippen molar-refractivity contribution in [3.05, 3.63) is 51.0 Å². The van der Waals surface area contributed by atoms with Gasteiger partial charge < -0.3 is 15.4 Å². The molecule has 0 atom stereocenters. The van der Waals surface area contributed by atoms with E-state index in [1.807, 2.05) is 26.0 Å². The summed E-state index contributed by atoms with van der Waals surface area (Å²) in [5.41, 5.74) is 2.77. The maximum absolute atomic E-state index is 12.1. The fraction of sp³-hybridized carbons (Fsp3) is 0.474. The number of hydrogen-bond acceptors (Lipinski definition) is 4. The second-order valence-corrected chi connectivity index (χ2v) is 7.56. The Balaban J connectivity index is 1.73. The van der Waals surface area contributed by atoms with E-state index in [2.05, 4.69) is 25.3 Å². The van der Waals surface area contributed by atoms with Gasteiger partial charge in [-0.1, -0.05) is 24.3 Å². The lowest BCUT2D eigenvalue weighted by molar-refractivity contribution is -0.176. The first-order valence-electron chi connectivity index (χ1n) is 8.86. The highest BCUT2D eigenvalue weighted by atomic mass is 32.1. The van der Waals surface area contributed by atoms with Crippen molar-refractivity contribution in [3.8, 4) is 0 Å². The van der Waals surface area contributed by atoms with Crippen molar-refractivity contribution in [2.75, 3.05) is 20.2 Å². The third-order valence-corrected chi connectivity index (χ3v) is 5.02. The predicted molar refractivity (Wildman–Crippen MR) is 106 cm³/mol. The van der Waals surface area contributed by atoms with Gasteiger partial charge in [-0.25, -0.2) is 4.98 Å². The Labute approximate surface area is 167 Å². The minimum absolute atomic E-state index is 0.0626. The van der Waals surface area contributed by atoms with Gasteiger partial charge in [0.25, 0.3) is 0 Å². The van der Waals surface area contributed by atoms with Gasteiger partial charge in [-0.2, -0.15) is 13.2 Å². The van der Waals surface area contributed by atoms with E-state index in [-0.39, 0.29) is 6.61 Å². The van der Waals surface area contributed by atoms with E-state index in [1.165, 1.54) is 4.88 Å². The van der Waals surface area contributed by atoms with E-state index in [4.69, 9.17) is 0 Å². The fourth-order valence-electron chi connectivity index (χ4n) is 2.54. The van der Waals surface area contributed by atoms with Gasteiger partial charge in [-0.15, -0.1) is 11.3 Å². The number of aryl methyl sites for hydroxylation is 2. The number of halogens is 3. The number of guanidine groups is 1. The molecule has 0 amide bonds. The number of benzene rings is 1. The number of ether oxygens (including phenoxy) is 1. The molecule has 0 unspecified atom stereocenters. The average Bonchev–Trinajstić information content (AvgIpc) is 2.95. The van der Waals surface area contributed by atoms with Crippen LogP contribution >= 0.6 is 11.3 Å². The Morgan fingerprint density at radius 3 is 2.39 bits per heavy atom. The lowest BCUT2D eigenvalue weighted by atomic mass is 10.1. The van der Waals surface area contributed by atoms with Crippen LogP contribution in [0.25, 0.3) is 0 Å². The van der Waals surface area contributed by atoms with Crippen LogP contribution in [0.4, 0.5) is 13.2 Å². The summed E-state index contributed by atoms with van der Waals surface area (Å²) in [6.45, 7) is 4.03.